The van der Waals surface area contributed by atoms with Gasteiger partial charge >= 0.3 is 0 Å². The number of hydrogen-bond donors (Lipinski definition) is 0. The minimum absolute atomic E-state index is 0.108. The highest BCUT2D eigenvalue weighted by Gasteiger charge is 2.10. The van der Waals surface area contributed by atoms with Crippen molar-refractivity contribution in [1.82, 2.24) is 0 Å². The lowest BCUT2D eigenvalue weighted by Gasteiger charge is -2.11. The lowest BCUT2D eigenvalue weighted by molar-refractivity contribution is 0.305. The van der Waals surface area contributed by atoms with Gasteiger partial charge in [-0.2, -0.15) is 5.26 Å². The Morgan fingerprint density at radius 3 is 2.36 bits per heavy atom. The van der Waals surface area contributed by atoms with Crippen LogP contribution in [0, 0.1) is 11.3 Å². The van der Waals surface area contributed by atoms with Gasteiger partial charge in [0.15, 0.2) is 0 Å². The largest absolute Gasteiger partial charge is 0.494 e. The van der Waals surface area contributed by atoms with Crippen molar-refractivity contribution in [2.24, 2.45) is 0 Å². The SMILES string of the molecule is CCc1ccc(OCCCC(C#N)c2ccc(Cl)cc2)cc1. The Hall–Kier alpha value is -1.98. The van der Waals surface area contributed by atoms with Crippen molar-refractivity contribution < 1.29 is 4.74 Å². The number of halogens is 1. The average Bonchev–Trinajstić information content (AvgIpc) is 2.56. The number of nitriles is 1. The molecule has 2 aromatic rings. The van der Waals surface area contributed by atoms with Gasteiger partial charge in [0.1, 0.15) is 5.75 Å². The summed E-state index contributed by atoms with van der Waals surface area (Å²) < 4.78 is 5.72. The molecular formula is C19H20ClNO. The third kappa shape index (κ3) is 4.79. The van der Waals surface area contributed by atoms with E-state index >= 15 is 0 Å². The molecule has 0 saturated carbocycles. The number of nitrogens with zero attached hydrogens (tertiary/aromatic N) is 1. The molecule has 1 unspecified atom stereocenters. The van der Waals surface area contributed by atoms with E-state index in [0.29, 0.717) is 11.6 Å². The minimum atomic E-state index is -0.108. The van der Waals surface area contributed by atoms with Crippen molar-refractivity contribution in [2.75, 3.05) is 6.61 Å². The highest BCUT2D eigenvalue weighted by Crippen LogP contribution is 2.22. The van der Waals surface area contributed by atoms with E-state index in [1.165, 1.54) is 5.56 Å². The summed E-state index contributed by atoms with van der Waals surface area (Å²) in [6, 6.07) is 18.0. The Kier molecular flexibility index (Phi) is 6.30. The van der Waals surface area contributed by atoms with E-state index < -0.39 is 0 Å². The molecule has 0 radical (unpaired) electrons. The van der Waals surface area contributed by atoms with Gasteiger partial charge in [-0.15, -0.1) is 0 Å². The highest BCUT2D eigenvalue weighted by molar-refractivity contribution is 6.30. The molecule has 0 spiro atoms. The smallest absolute Gasteiger partial charge is 0.119 e. The van der Waals surface area contributed by atoms with Crippen LogP contribution in [0.1, 0.15) is 36.8 Å². The van der Waals surface area contributed by atoms with Crippen molar-refractivity contribution >= 4 is 11.6 Å². The van der Waals surface area contributed by atoms with Gasteiger partial charge in [0.25, 0.3) is 0 Å². The first-order valence-corrected chi connectivity index (χ1v) is 7.97. The molecule has 0 aliphatic carbocycles. The number of ether oxygens (including phenoxy) is 1. The maximum Gasteiger partial charge on any atom is 0.119 e. The summed E-state index contributed by atoms with van der Waals surface area (Å²) in [4.78, 5) is 0. The Morgan fingerprint density at radius 2 is 1.77 bits per heavy atom. The molecule has 114 valence electrons. The molecular weight excluding hydrogens is 294 g/mol. The van der Waals surface area contributed by atoms with Crippen molar-refractivity contribution in [3.63, 3.8) is 0 Å². The first kappa shape index (κ1) is 16.4. The first-order valence-electron chi connectivity index (χ1n) is 7.59. The number of hydrogen-bond acceptors (Lipinski definition) is 2. The van der Waals surface area contributed by atoms with Crippen molar-refractivity contribution in [3.05, 3.63) is 64.7 Å². The third-order valence-electron chi connectivity index (χ3n) is 3.67. The van der Waals surface area contributed by atoms with Gasteiger partial charge in [-0.3, -0.25) is 0 Å². The summed E-state index contributed by atoms with van der Waals surface area (Å²) in [5.41, 5.74) is 2.32. The summed E-state index contributed by atoms with van der Waals surface area (Å²) in [6.45, 7) is 2.76. The molecule has 2 aromatic carbocycles. The van der Waals surface area contributed by atoms with Gasteiger partial charge in [0, 0.05) is 5.02 Å². The van der Waals surface area contributed by atoms with Crippen LogP contribution in [0.4, 0.5) is 0 Å². The van der Waals surface area contributed by atoms with Crippen LogP contribution in [0.25, 0.3) is 0 Å². The predicted molar refractivity (Wildman–Crippen MR) is 90.4 cm³/mol. The Balaban J connectivity index is 1.79. The zero-order chi connectivity index (χ0) is 15.8. The average molecular weight is 314 g/mol. The summed E-state index contributed by atoms with van der Waals surface area (Å²) in [5, 5.41) is 9.99. The normalized spacial score (nSPS) is 11.7. The van der Waals surface area contributed by atoms with Gasteiger partial charge in [-0.05, 0) is 54.7 Å². The van der Waals surface area contributed by atoms with Crippen LogP contribution < -0.4 is 4.74 Å². The number of benzene rings is 2. The second kappa shape index (κ2) is 8.46. The quantitative estimate of drug-likeness (QED) is 0.644. The van der Waals surface area contributed by atoms with Gasteiger partial charge < -0.3 is 4.74 Å². The maximum atomic E-state index is 9.30. The van der Waals surface area contributed by atoms with E-state index in [0.717, 1.165) is 30.6 Å². The molecule has 22 heavy (non-hydrogen) atoms. The second-order valence-corrected chi connectivity index (χ2v) is 5.66. The molecule has 0 amide bonds. The molecule has 0 bridgehead atoms. The van der Waals surface area contributed by atoms with Gasteiger partial charge in [0.05, 0.1) is 18.6 Å². The van der Waals surface area contributed by atoms with Gasteiger partial charge in [0.2, 0.25) is 0 Å². The topological polar surface area (TPSA) is 33.0 Å². The van der Waals surface area contributed by atoms with Crippen LogP contribution >= 0.6 is 11.6 Å². The first-order chi connectivity index (χ1) is 10.7. The molecule has 3 heteroatoms. The van der Waals surface area contributed by atoms with E-state index in [9.17, 15) is 5.26 Å². The van der Waals surface area contributed by atoms with E-state index in [4.69, 9.17) is 16.3 Å². The number of rotatable bonds is 7. The molecule has 0 aliphatic heterocycles. The maximum absolute atomic E-state index is 9.30. The highest BCUT2D eigenvalue weighted by atomic mass is 35.5. The van der Waals surface area contributed by atoms with Crippen LogP contribution in [0.3, 0.4) is 0 Å². The summed E-state index contributed by atoms with van der Waals surface area (Å²) in [5.74, 6) is 0.778. The minimum Gasteiger partial charge on any atom is -0.494 e. The molecule has 0 saturated heterocycles. The summed E-state index contributed by atoms with van der Waals surface area (Å²) in [6.07, 6.45) is 2.66. The number of aryl methyl sites for hydroxylation is 1. The van der Waals surface area contributed by atoms with E-state index in [1.807, 2.05) is 36.4 Å². The lowest BCUT2D eigenvalue weighted by atomic mass is 9.96. The Bertz CT molecular complexity index is 613. The van der Waals surface area contributed by atoms with Crippen LogP contribution in [-0.2, 0) is 6.42 Å². The molecule has 0 aliphatic rings. The molecule has 0 aromatic heterocycles. The fraction of sp³-hybridized carbons (Fsp3) is 0.316. The fourth-order valence-electron chi connectivity index (χ4n) is 2.30. The van der Waals surface area contributed by atoms with E-state index in [-0.39, 0.29) is 5.92 Å². The van der Waals surface area contributed by atoms with Crippen LogP contribution in [0.5, 0.6) is 5.75 Å². The zero-order valence-electron chi connectivity index (χ0n) is 12.8. The second-order valence-electron chi connectivity index (χ2n) is 5.22. The molecule has 2 nitrogen and oxygen atoms in total. The van der Waals surface area contributed by atoms with Crippen LogP contribution in [-0.4, -0.2) is 6.61 Å². The fourth-order valence-corrected chi connectivity index (χ4v) is 2.43. The predicted octanol–water partition coefficient (Wildman–Crippen LogP) is 5.37. The van der Waals surface area contributed by atoms with Gasteiger partial charge in [-0.1, -0.05) is 42.8 Å². The van der Waals surface area contributed by atoms with E-state index in [2.05, 4.69) is 25.1 Å². The molecule has 0 fully saturated rings. The van der Waals surface area contributed by atoms with Crippen LogP contribution in [0.15, 0.2) is 48.5 Å². The molecule has 0 heterocycles. The van der Waals surface area contributed by atoms with Gasteiger partial charge in [-0.25, -0.2) is 0 Å². The lowest BCUT2D eigenvalue weighted by Crippen LogP contribution is -2.02. The Labute approximate surface area is 137 Å². The molecule has 1 atom stereocenters. The molecule has 2 rings (SSSR count). The van der Waals surface area contributed by atoms with Crippen LogP contribution in [0.2, 0.25) is 5.02 Å². The van der Waals surface area contributed by atoms with Crippen molar-refractivity contribution in [3.8, 4) is 11.8 Å². The van der Waals surface area contributed by atoms with Crippen molar-refractivity contribution in [1.29, 1.82) is 5.26 Å². The molecule has 0 N–H and O–H groups in total. The standard InChI is InChI=1S/C19H20ClNO/c1-2-15-5-11-19(12-6-15)22-13-3-4-17(14-21)16-7-9-18(20)10-8-16/h5-12,17H,2-4,13H2,1H3. The van der Waals surface area contributed by atoms with E-state index in [1.54, 1.807) is 0 Å². The monoisotopic (exact) mass is 313 g/mol. The summed E-state index contributed by atoms with van der Waals surface area (Å²) >= 11 is 5.87. The van der Waals surface area contributed by atoms with Crippen molar-refractivity contribution in [2.45, 2.75) is 32.1 Å². The summed E-state index contributed by atoms with van der Waals surface area (Å²) in [7, 11) is 0. The zero-order valence-corrected chi connectivity index (χ0v) is 13.5. The Morgan fingerprint density at radius 1 is 1.09 bits per heavy atom. The third-order valence-corrected chi connectivity index (χ3v) is 3.92.